The molecule has 1 aliphatic rings. The molecule has 1 aliphatic heterocycles. The lowest BCUT2D eigenvalue weighted by atomic mass is 9.99. The molecule has 1 atom stereocenters. The van der Waals surface area contributed by atoms with Gasteiger partial charge in [0, 0.05) is 26.2 Å². The number of hydrogen-bond donors (Lipinski definition) is 1. The van der Waals surface area contributed by atoms with Gasteiger partial charge in [-0.05, 0) is 18.1 Å². The number of benzene rings is 1. The molecule has 1 heterocycles. The average molecular weight is 289 g/mol. The maximum absolute atomic E-state index is 3.99. The van der Waals surface area contributed by atoms with Crippen molar-refractivity contribution in [2.45, 2.75) is 13.0 Å². The van der Waals surface area contributed by atoms with Crippen LogP contribution in [0.5, 0.6) is 0 Å². The van der Waals surface area contributed by atoms with E-state index in [0.29, 0.717) is 6.04 Å². The summed E-state index contributed by atoms with van der Waals surface area (Å²) < 4.78 is 0. The van der Waals surface area contributed by atoms with Crippen LogP contribution in [-0.4, -0.2) is 31.1 Å². The molecule has 0 spiro atoms. The minimum absolute atomic E-state index is 0. The fraction of sp³-hybridized carbons (Fsp3) is 0.429. The lowest BCUT2D eigenvalue weighted by Crippen LogP contribution is -2.44. The molecule has 0 saturated carbocycles. The van der Waals surface area contributed by atoms with Crippen LogP contribution in [0.4, 0.5) is 0 Å². The van der Waals surface area contributed by atoms with Crippen molar-refractivity contribution in [1.82, 2.24) is 10.2 Å². The van der Waals surface area contributed by atoms with E-state index in [1.54, 1.807) is 0 Å². The fourth-order valence-corrected chi connectivity index (χ4v) is 2.35. The second kappa shape index (κ2) is 8.54. The van der Waals surface area contributed by atoms with Crippen LogP contribution in [0, 0.1) is 6.92 Å². The van der Waals surface area contributed by atoms with Crippen LogP contribution in [-0.2, 0) is 0 Å². The predicted octanol–water partition coefficient (Wildman–Crippen LogP) is 2.97. The number of hydrogen-bond acceptors (Lipinski definition) is 2. The van der Waals surface area contributed by atoms with E-state index in [1.165, 1.54) is 11.1 Å². The number of rotatable bonds is 3. The average Bonchev–Trinajstić information content (AvgIpc) is 2.34. The van der Waals surface area contributed by atoms with Crippen molar-refractivity contribution in [2.24, 2.45) is 0 Å². The first-order valence-corrected chi connectivity index (χ1v) is 5.96. The van der Waals surface area contributed by atoms with Gasteiger partial charge in [-0.25, -0.2) is 0 Å². The number of nitrogens with one attached hydrogen (secondary N) is 1. The first-order valence-electron chi connectivity index (χ1n) is 5.96. The Kier molecular flexibility index (Phi) is 8.29. The Morgan fingerprint density at radius 3 is 2.39 bits per heavy atom. The zero-order valence-corrected chi connectivity index (χ0v) is 12.4. The first kappa shape index (κ1) is 17.5. The molecule has 1 N–H and O–H groups in total. The third-order valence-electron chi connectivity index (χ3n) is 3.28. The number of aryl methyl sites for hydroxylation is 1. The second-order valence-electron chi connectivity index (χ2n) is 4.32. The molecular formula is C14H22Cl2N2. The van der Waals surface area contributed by atoms with E-state index in [9.17, 15) is 0 Å². The Morgan fingerprint density at radius 1 is 1.22 bits per heavy atom. The molecule has 0 radical (unpaired) electrons. The molecule has 1 aromatic rings. The van der Waals surface area contributed by atoms with Crippen molar-refractivity contribution in [1.29, 1.82) is 0 Å². The van der Waals surface area contributed by atoms with Gasteiger partial charge < -0.3 is 5.32 Å². The van der Waals surface area contributed by atoms with E-state index in [1.807, 2.05) is 0 Å². The molecule has 1 saturated heterocycles. The predicted molar refractivity (Wildman–Crippen MR) is 83.1 cm³/mol. The Morgan fingerprint density at radius 2 is 1.83 bits per heavy atom. The van der Waals surface area contributed by atoms with Crippen LogP contribution in [0.3, 0.4) is 0 Å². The quantitative estimate of drug-likeness (QED) is 0.861. The Labute approximate surface area is 122 Å². The van der Waals surface area contributed by atoms with Crippen LogP contribution in [0.2, 0.25) is 0 Å². The van der Waals surface area contributed by atoms with Crippen LogP contribution in [0.15, 0.2) is 36.9 Å². The van der Waals surface area contributed by atoms with Crippen LogP contribution in [0.25, 0.3) is 0 Å². The van der Waals surface area contributed by atoms with Crippen LogP contribution >= 0.6 is 24.8 Å². The number of nitrogens with zero attached hydrogens (tertiary/aromatic N) is 1. The topological polar surface area (TPSA) is 15.3 Å². The molecule has 0 unspecified atom stereocenters. The summed E-state index contributed by atoms with van der Waals surface area (Å²) in [7, 11) is 0. The normalized spacial score (nSPS) is 17.2. The Hall–Kier alpha value is -0.540. The largest absolute Gasteiger partial charge is 0.314 e. The zero-order valence-electron chi connectivity index (χ0n) is 10.8. The molecule has 0 aliphatic carbocycles. The molecule has 2 nitrogen and oxygen atoms in total. The Balaban J connectivity index is 0.00000144. The summed E-state index contributed by atoms with van der Waals surface area (Å²) in [4.78, 5) is 2.49. The SMILES string of the molecule is C=C[C@H](c1ccccc1C)N1CCNCC1.Cl.Cl. The van der Waals surface area contributed by atoms with Gasteiger partial charge in [0.2, 0.25) is 0 Å². The summed E-state index contributed by atoms with van der Waals surface area (Å²) in [6.07, 6.45) is 2.06. The van der Waals surface area contributed by atoms with E-state index in [0.717, 1.165) is 26.2 Å². The second-order valence-corrected chi connectivity index (χ2v) is 4.32. The molecule has 18 heavy (non-hydrogen) atoms. The van der Waals surface area contributed by atoms with Crippen molar-refractivity contribution in [3.05, 3.63) is 48.0 Å². The lowest BCUT2D eigenvalue weighted by Gasteiger charge is -2.34. The van der Waals surface area contributed by atoms with Crippen LogP contribution in [0.1, 0.15) is 17.2 Å². The van der Waals surface area contributed by atoms with Crippen LogP contribution < -0.4 is 5.32 Å². The van der Waals surface area contributed by atoms with Gasteiger partial charge in [0.25, 0.3) is 0 Å². The fourth-order valence-electron chi connectivity index (χ4n) is 2.35. The third kappa shape index (κ3) is 3.99. The molecule has 102 valence electrons. The zero-order chi connectivity index (χ0) is 11.4. The highest BCUT2D eigenvalue weighted by Gasteiger charge is 2.20. The number of halogens is 2. The van der Waals surface area contributed by atoms with E-state index >= 15 is 0 Å². The molecule has 0 bridgehead atoms. The van der Waals surface area contributed by atoms with Gasteiger partial charge in [0.1, 0.15) is 0 Å². The smallest absolute Gasteiger partial charge is 0.0532 e. The van der Waals surface area contributed by atoms with Gasteiger partial charge in [-0.3, -0.25) is 4.90 Å². The summed E-state index contributed by atoms with van der Waals surface area (Å²) in [5.74, 6) is 0. The van der Waals surface area contributed by atoms with Crippen molar-refractivity contribution in [3.63, 3.8) is 0 Å². The highest BCUT2D eigenvalue weighted by molar-refractivity contribution is 5.85. The van der Waals surface area contributed by atoms with E-state index in [2.05, 4.69) is 54.1 Å². The minimum atomic E-state index is 0. The molecule has 1 fully saturated rings. The molecule has 2 rings (SSSR count). The molecule has 0 aromatic heterocycles. The van der Waals surface area contributed by atoms with Crippen molar-refractivity contribution < 1.29 is 0 Å². The van der Waals surface area contributed by atoms with E-state index in [-0.39, 0.29) is 24.8 Å². The van der Waals surface area contributed by atoms with Gasteiger partial charge in [0.15, 0.2) is 0 Å². The van der Waals surface area contributed by atoms with Crippen molar-refractivity contribution in [3.8, 4) is 0 Å². The monoisotopic (exact) mass is 288 g/mol. The highest BCUT2D eigenvalue weighted by Crippen LogP contribution is 2.24. The summed E-state index contributed by atoms with van der Waals surface area (Å²) in [5, 5.41) is 3.38. The molecule has 4 heteroatoms. The van der Waals surface area contributed by atoms with Gasteiger partial charge >= 0.3 is 0 Å². The Bertz CT molecular complexity index is 363. The summed E-state index contributed by atoms with van der Waals surface area (Å²) in [5.41, 5.74) is 2.74. The molecular weight excluding hydrogens is 267 g/mol. The lowest BCUT2D eigenvalue weighted by molar-refractivity contribution is 0.203. The van der Waals surface area contributed by atoms with Gasteiger partial charge in [-0.2, -0.15) is 0 Å². The molecule has 0 amide bonds. The van der Waals surface area contributed by atoms with Gasteiger partial charge in [-0.15, -0.1) is 31.4 Å². The molecule has 1 aromatic carbocycles. The highest BCUT2D eigenvalue weighted by atomic mass is 35.5. The standard InChI is InChI=1S/C14H20N2.2ClH/c1-3-14(16-10-8-15-9-11-16)13-7-5-4-6-12(13)2;;/h3-7,14-15H,1,8-11H2,2H3;2*1H/t14-;;/m1../s1. The van der Waals surface area contributed by atoms with E-state index < -0.39 is 0 Å². The summed E-state index contributed by atoms with van der Waals surface area (Å²) >= 11 is 0. The van der Waals surface area contributed by atoms with Crippen molar-refractivity contribution >= 4 is 24.8 Å². The summed E-state index contributed by atoms with van der Waals surface area (Å²) in [6.45, 7) is 10.5. The summed E-state index contributed by atoms with van der Waals surface area (Å²) in [6, 6.07) is 8.96. The van der Waals surface area contributed by atoms with Gasteiger partial charge in [0.05, 0.1) is 6.04 Å². The van der Waals surface area contributed by atoms with E-state index in [4.69, 9.17) is 0 Å². The maximum Gasteiger partial charge on any atom is 0.0532 e. The third-order valence-corrected chi connectivity index (χ3v) is 3.28. The first-order chi connectivity index (χ1) is 7.83. The minimum Gasteiger partial charge on any atom is -0.314 e. The van der Waals surface area contributed by atoms with Crippen molar-refractivity contribution in [2.75, 3.05) is 26.2 Å². The maximum atomic E-state index is 3.99. The van der Waals surface area contributed by atoms with Gasteiger partial charge in [-0.1, -0.05) is 30.3 Å². The number of piperazine rings is 1.